The molecule has 32 heavy (non-hydrogen) atoms. The number of rotatable bonds is 8. The maximum Gasteiger partial charge on any atom is 0.264 e. The average Bonchev–Trinajstić information content (AvgIpc) is 3.33. The van der Waals surface area contributed by atoms with Crippen LogP contribution in [0.25, 0.3) is 6.08 Å². The maximum atomic E-state index is 12.5. The molecule has 0 atom stereocenters. The van der Waals surface area contributed by atoms with Gasteiger partial charge in [-0.1, -0.05) is 23.8 Å². The monoisotopic (exact) mass is 433 g/mol. The van der Waals surface area contributed by atoms with E-state index in [1.54, 1.807) is 29.2 Å². The van der Waals surface area contributed by atoms with Gasteiger partial charge in [0.25, 0.3) is 11.8 Å². The first-order valence-electron chi connectivity index (χ1n) is 10.7. The summed E-state index contributed by atoms with van der Waals surface area (Å²) in [4.78, 5) is 26.5. The molecule has 0 aromatic heterocycles. The minimum absolute atomic E-state index is 0.0838. The Bertz CT molecular complexity index is 1030. The third kappa shape index (κ3) is 6.11. The van der Waals surface area contributed by atoms with Crippen LogP contribution in [0.3, 0.4) is 0 Å². The van der Waals surface area contributed by atoms with Crippen molar-refractivity contribution in [2.75, 3.05) is 31.6 Å². The van der Waals surface area contributed by atoms with Crippen LogP contribution in [-0.4, -0.2) is 43.0 Å². The zero-order valence-corrected chi connectivity index (χ0v) is 18.4. The second kappa shape index (κ2) is 11.0. The Kier molecular flexibility index (Phi) is 7.87. The van der Waals surface area contributed by atoms with E-state index in [1.165, 1.54) is 0 Å². The number of carbonyl (C=O) groups is 2. The molecule has 1 N–H and O–H groups in total. The Morgan fingerprint density at radius 3 is 2.47 bits per heavy atom. The predicted octanol–water partition coefficient (Wildman–Crippen LogP) is 3.94. The summed E-state index contributed by atoms with van der Waals surface area (Å²) in [6, 6.07) is 14.6. The molecule has 2 amide bonds. The van der Waals surface area contributed by atoms with Crippen LogP contribution in [0.15, 0.2) is 48.0 Å². The van der Waals surface area contributed by atoms with Crippen LogP contribution in [0.2, 0.25) is 0 Å². The van der Waals surface area contributed by atoms with Gasteiger partial charge in [0, 0.05) is 18.8 Å². The van der Waals surface area contributed by atoms with Crippen LogP contribution in [0, 0.1) is 18.3 Å². The summed E-state index contributed by atoms with van der Waals surface area (Å²) in [5.74, 6) is 0.307. The minimum atomic E-state index is -0.289. The minimum Gasteiger partial charge on any atom is -0.490 e. The molecule has 0 aliphatic carbocycles. The number of carbonyl (C=O) groups excluding carboxylic acids is 2. The van der Waals surface area contributed by atoms with Gasteiger partial charge >= 0.3 is 0 Å². The van der Waals surface area contributed by atoms with Gasteiger partial charge in [-0.05, 0) is 62.6 Å². The van der Waals surface area contributed by atoms with E-state index in [-0.39, 0.29) is 24.0 Å². The van der Waals surface area contributed by atoms with E-state index in [4.69, 9.17) is 9.47 Å². The SMILES string of the molecule is CCOc1cc(/C=C(\C#N)C(=O)N2CCCC2)ccc1OCC(=O)Nc1ccc(C)cc1. The summed E-state index contributed by atoms with van der Waals surface area (Å²) < 4.78 is 11.3. The highest BCUT2D eigenvalue weighted by Crippen LogP contribution is 2.29. The highest BCUT2D eigenvalue weighted by molar-refractivity contribution is 6.01. The van der Waals surface area contributed by atoms with E-state index in [1.807, 2.05) is 44.2 Å². The average molecular weight is 434 g/mol. The van der Waals surface area contributed by atoms with Gasteiger partial charge in [0.15, 0.2) is 18.1 Å². The van der Waals surface area contributed by atoms with E-state index in [2.05, 4.69) is 5.32 Å². The Balaban J connectivity index is 1.69. The van der Waals surface area contributed by atoms with Gasteiger partial charge in [0.1, 0.15) is 11.6 Å². The molecular formula is C25H27N3O4. The zero-order valence-electron chi connectivity index (χ0n) is 18.4. The lowest BCUT2D eigenvalue weighted by Crippen LogP contribution is -2.28. The number of hydrogen-bond acceptors (Lipinski definition) is 5. The van der Waals surface area contributed by atoms with Crippen molar-refractivity contribution < 1.29 is 19.1 Å². The number of anilines is 1. The molecule has 0 spiro atoms. The number of aryl methyl sites for hydroxylation is 1. The molecule has 0 saturated carbocycles. The molecule has 1 heterocycles. The van der Waals surface area contributed by atoms with Crippen molar-refractivity contribution in [3.8, 4) is 17.6 Å². The lowest BCUT2D eigenvalue weighted by Gasteiger charge is -2.15. The lowest BCUT2D eigenvalue weighted by molar-refractivity contribution is -0.125. The molecule has 0 unspecified atom stereocenters. The molecule has 166 valence electrons. The quantitative estimate of drug-likeness (QED) is 0.503. The molecule has 7 nitrogen and oxygen atoms in total. The number of benzene rings is 2. The Labute approximate surface area is 188 Å². The van der Waals surface area contributed by atoms with Crippen molar-refractivity contribution in [1.82, 2.24) is 4.90 Å². The van der Waals surface area contributed by atoms with Gasteiger partial charge in [-0.2, -0.15) is 5.26 Å². The molecule has 1 aliphatic rings. The first-order valence-corrected chi connectivity index (χ1v) is 10.7. The fraction of sp³-hybridized carbons (Fsp3) is 0.320. The number of nitrogens with zero attached hydrogens (tertiary/aromatic N) is 2. The molecule has 2 aromatic carbocycles. The topological polar surface area (TPSA) is 91.7 Å². The molecule has 3 rings (SSSR count). The first kappa shape index (κ1) is 22.9. The summed E-state index contributed by atoms with van der Waals surface area (Å²) in [5.41, 5.74) is 2.53. The second-order valence-electron chi connectivity index (χ2n) is 7.51. The van der Waals surface area contributed by atoms with E-state index >= 15 is 0 Å². The fourth-order valence-corrected chi connectivity index (χ4v) is 3.38. The fourth-order valence-electron chi connectivity index (χ4n) is 3.38. The standard InChI is InChI=1S/C25H27N3O4/c1-3-31-23-15-19(14-20(16-26)25(30)28-12-4-5-13-28)8-11-22(23)32-17-24(29)27-21-9-6-18(2)7-10-21/h6-11,14-15H,3-5,12-13,17H2,1-2H3,(H,27,29)/b20-14+. The summed E-state index contributed by atoms with van der Waals surface area (Å²) in [5, 5.41) is 12.2. The summed E-state index contributed by atoms with van der Waals surface area (Å²) in [6.07, 6.45) is 3.47. The zero-order chi connectivity index (χ0) is 22.9. The van der Waals surface area contributed by atoms with Gasteiger partial charge in [0.05, 0.1) is 6.61 Å². The van der Waals surface area contributed by atoms with Crippen molar-refractivity contribution in [3.05, 3.63) is 59.2 Å². The van der Waals surface area contributed by atoms with Crippen molar-refractivity contribution in [1.29, 1.82) is 5.26 Å². The molecule has 1 saturated heterocycles. The molecular weight excluding hydrogens is 406 g/mol. The van der Waals surface area contributed by atoms with Crippen molar-refractivity contribution >= 4 is 23.6 Å². The number of likely N-dealkylation sites (tertiary alicyclic amines) is 1. The van der Waals surface area contributed by atoms with Gasteiger partial charge in [-0.25, -0.2) is 0 Å². The van der Waals surface area contributed by atoms with Crippen LogP contribution in [0.5, 0.6) is 11.5 Å². The largest absolute Gasteiger partial charge is 0.490 e. The third-order valence-corrected chi connectivity index (χ3v) is 5.02. The molecule has 2 aromatic rings. The summed E-state index contributed by atoms with van der Waals surface area (Å²) >= 11 is 0. The normalized spacial score (nSPS) is 13.4. The first-order chi connectivity index (χ1) is 15.5. The van der Waals surface area contributed by atoms with Crippen LogP contribution in [0.4, 0.5) is 5.69 Å². The Hall–Kier alpha value is -3.79. The molecule has 7 heteroatoms. The van der Waals surface area contributed by atoms with Gasteiger partial charge in [0.2, 0.25) is 0 Å². The van der Waals surface area contributed by atoms with Gasteiger partial charge < -0.3 is 19.7 Å². The molecule has 0 radical (unpaired) electrons. The van der Waals surface area contributed by atoms with E-state index in [0.29, 0.717) is 42.4 Å². The van der Waals surface area contributed by atoms with Crippen LogP contribution < -0.4 is 14.8 Å². The predicted molar refractivity (Wildman–Crippen MR) is 122 cm³/mol. The Morgan fingerprint density at radius 1 is 1.09 bits per heavy atom. The van der Waals surface area contributed by atoms with Crippen molar-refractivity contribution in [3.63, 3.8) is 0 Å². The van der Waals surface area contributed by atoms with Crippen LogP contribution in [0.1, 0.15) is 30.9 Å². The third-order valence-electron chi connectivity index (χ3n) is 5.02. The van der Waals surface area contributed by atoms with E-state index in [9.17, 15) is 14.9 Å². The number of amides is 2. The smallest absolute Gasteiger partial charge is 0.264 e. The number of hydrogen-bond donors (Lipinski definition) is 1. The highest BCUT2D eigenvalue weighted by atomic mass is 16.5. The number of ether oxygens (including phenoxy) is 2. The lowest BCUT2D eigenvalue weighted by atomic mass is 10.1. The van der Waals surface area contributed by atoms with Crippen molar-refractivity contribution in [2.24, 2.45) is 0 Å². The van der Waals surface area contributed by atoms with Crippen LogP contribution in [-0.2, 0) is 9.59 Å². The molecule has 0 bridgehead atoms. The molecule has 1 aliphatic heterocycles. The highest BCUT2D eigenvalue weighted by Gasteiger charge is 2.21. The Morgan fingerprint density at radius 2 is 1.81 bits per heavy atom. The molecule has 1 fully saturated rings. The van der Waals surface area contributed by atoms with Gasteiger partial charge in [-0.3, -0.25) is 9.59 Å². The maximum absolute atomic E-state index is 12.5. The van der Waals surface area contributed by atoms with Crippen molar-refractivity contribution in [2.45, 2.75) is 26.7 Å². The second-order valence-corrected chi connectivity index (χ2v) is 7.51. The number of nitrogens with one attached hydrogen (secondary N) is 1. The number of nitriles is 1. The summed E-state index contributed by atoms with van der Waals surface area (Å²) in [6.45, 7) is 5.40. The van der Waals surface area contributed by atoms with Gasteiger partial charge in [-0.15, -0.1) is 0 Å². The van der Waals surface area contributed by atoms with Crippen LogP contribution >= 0.6 is 0 Å². The van der Waals surface area contributed by atoms with E-state index < -0.39 is 0 Å². The summed E-state index contributed by atoms with van der Waals surface area (Å²) in [7, 11) is 0. The van der Waals surface area contributed by atoms with E-state index in [0.717, 1.165) is 18.4 Å².